The van der Waals surface area contributed by atoms with Crippen LogP contribution in [-0.4, -0.2) is 45.9 Å². The Morgan fingerprint density at radius 2 is 1.92 bits per heavy atom. The molecule has 0 unspecified atom stereocenters. The van der Waals surface area contributed by atoms with Crippen molar-refractivity contribution in [3.63, 3.8) is 0 Å². The molecule has 0 saturated carbocycles. The number of hydrogen-bond donors (Lipinski definition) is 1. The highest BCUT2D eigenvalue weighted by molar-refractivity contribution is 5.91. The zero-order valence-corrected chi connectivity index (χ0v) is 16.5. The Bertz CT molecular complexity index is 707. The molecule has 1 aliphatic rings. The zero-order valence-electron chi connectivity index (χ0n) is 15.7. The van der Waals surface area contributed by atoms with Gasteiger partial charge in [0.05, 0.1) is 12.2 Å². The standard InChI is InChI=1S/C19H27N5O.ClH/c1-14(2)16-6-4-15(5-7-16)12-23(3)19(25)18-13-24(22-21-18)17-8-10-20-11-9-17;/h4-7,13-14,17,20H,8-12H2,1-3H3;1H. The van der Waals surface area contributed by atoms with E-state index in [9.17, 15) is 4.79 Å². The lowest BCUT2D eigenvalue weighted by Crippen LogP contribution is -2.29. The van der Waals surface area contributed by atoms with Gasteiger partial charge in [-0.05, 0) is 43.0 Å². The molecular weight excluding hydrogens is 350 g/mol. The summed E-state index contributed by atoms with van der Waals surface area (Å²) in [7, 11) is 1.81. The fourth-order valence-corrected chi connectivity index (χ4v) is 3.17. The van der Waals surface area contributed by atoms with Crippen molar-refractivity contribution in [1.29, 1.82) is 0 Å². The molecule has 0 spiro atoms. The second-order valence-electron chi connectivity index (χ2n) is 7.12. The van der Waals surface area contributed by atoms with Crippen LogP contribution in [0.5, 0.6) is 0 Å². The molecule has 142 valence electrons. The molecule has 1 N–H and O–H groups in total. The normalized spacial score (nSPS) is 14.9. The third kappa shape index (κ3) is 4.83. The fourth-order valence-electron chi connectivity index (χ4n) is 3.17. The second-order valence-corrected chi connectivity index (χ2v) is 7.12. The Morgan fingerprint density at radius 1 is 1.27 bits per heavy atom. The molecule has 0 radical (unpaired) electrons. The summed E-state index contributed by atoms with van der Waals surface area (Å²) in [6, 6.07) is 8.78. The topological polar surface area (TPSA) is 63.1 Å². The number of nitrogens with one attached hydrogen (secondary N) is 1. The van der Waals surface area contributed by atoms with Crippen LogP contribution >= 0.6 is 12.4 Å². The van der Waals surface area contributed by atoms with Crippen molar-refractivity contribution < 1.29 is 4.79 Å². The number of amides is 1. The highest BCUT2D eigenvalue weighted by atomic mass is 35.5. The molecular formula is C19H28ClN5O. The third-order valence-corrected chi connectivity index (χ3v) is 4.83. The fraction of sp³-hybridized carbons (Fsp3) is 0.526. The molecule has 26 heavy (non-hydrogen) atoms. The molecule has 0 atom stereocenters. The highest BCUT2D eigenvalue weighted by Crippen LogP contribution is 2.18. The summed E-state index contributed by atoms with van der Waals surface area (Å²) >= 11 is 0. The average molecular weight is 378 g/mol. The molecule has 1 fully saturated rings. The van der Waals surface area contributed by atoms with E-state index in [1.54, 1.807) is 11.1 Å². The molecule has 0 bridgehead atoms. The number of rotatable bonds is 5. The lowest BCUT2D eigenvalue weighted by atomic mass is 10.0. The first-order valence-corrected chi connectivity index (χ1v) is 9.01. The lowest BCUT2D eigenvalue weighted by molar-refractivity contribution is 0.0779. The maximum atomic E-state index is 12.6. The number of nitrogens with zero attached hydrogens (tertiary/aromatic N) is 4. The van der Waals surface area contributed by atoms with Crippen LogP contribution in [0.2, 0.25) is 0 Å². The van der Waals surface area contributed by atoms with E-state index < -0.39 is 0 Å². The van der Waals surface area contributed by atoms with Crippen molar-refractivity contribution in [1.82, 2.24) is 25.2 Å². The quantitative estimate of drug-likeness (QED) is 0.869. The van der Waals surface area contributed by atoms with Gasteiger partial charge in [0.15, 0.2) is 5.69 Å². The molecule has 1 aromatic carbocycles. The maximum absolute atomic E-state index is 12.6. The van der Waals surface area contributed by atoms with Crippen LogP contribution in [-0.2, 0) is 6.54 Å². The van der Waals surface area contributed by atoms with E-state index in [-0.39, 0.29) is 18.3 Å². The van der Waals surface area contributed by atoms with Gasteiger partial charge in [-0.25, -0.2) is 4.68 Å². The van der Waals surface area contributed by atoms with Gasteiger partial charge in [0.1, 0.15) is 0 Å². The van der Waals surface area contributed by atoms with Crippen LogP contribution in [0.1, 0.15) is 60.3 Å². The van der Waals surface area contributed by atoms with Crippen LogP contribution in [0, 0.1) is 0 Å². The van der Waals surface area contributed by atoms with Gasteiger partial charge in [0, 0.05) is 13.6 Å². The molecule has 7 heteroatoms. The van der Waals surface area contributed by atoms with Gasteiger partial charge in [-0.15, -0.1) is 17.5 Å². The Morgan fingerprint density at radius 3 is 2.54 bits per heavy atom. The van der Waals surface area contributed by atoms with E-state index in [1.807, 2.05) is 11.7 Å². The van der Waals surface area contributed by atoms with Crippen molar-refractivity contribution >= 4 is 18.3 Å². The number of benzene rings is 1. The molecule has 1 aliphatic heterocycles. The van der Waals surface area contributed by atoms with E-state index in [4.69, 9.17) is 0 Å². The van der Waals surface area contributed by atoms with Gasteiger partial charge in [-0.1, -0.05) is 43.3 Å². The van der Waals surface area contributed by atoms with Crippen LogP contribution in [0.3, 0.4) is 0 Å². The monoisotopic (exact) mass is 377 g/mol. The Kier molecular flexibility index (Phi) is 7.17. The molecule has 2 heterocycles. The molecule has 1 aromatic heterocycles. The minimum absolute atomic E-state index is 0. The molecule has 1 saturated heterocycles. The van der Waals surface area contributed by atoms with E-state index >= 15 is 0 Å². The first-order chi connectivity index (χ1) is 12.0. The number of halogens is 1. The van der Waals surface area contributed by atoms with E-state index in [0.717, 1.165) is 31.5 Å². The van der Waals surface area contributed by atoms with Gasteiger partial charge < -0.3 is 10.2 Å². The Hall–Kier alpha value is -1.92. The zero-order chi connectivity index (χ0) is 17.8. The minimum atomic E-state index is -0.0897. The summed E-state index contributed by atoms with van der Waals surface area (Å²) in [5, 5.41) is 11.6. The van der Waals surface area contributed by atoms with Gasteiger partial charge in [0.2, 0.25) is 0 Å². The first-order valence-electron chi connectivity index (χ1n) is 9.01. The molecule has 0 aliphatic carbocycles. The van der Waals surface area contributed by atoms with Gasteiger partial charge >= 0.3 is 0 Å². The minimum Gasteiger partial charge on any atom is -0.336 e. The van der Waals surface area contributed by atoms with Crippen LogP contribution < -0.4 is 5.32 Å². The van der Waals surface area contributed by atoms with Gasteiger partial charge in [-0.2, -0.15) is 0 Å². The Labute approximate surface area is 161 Å². The number of piperidine rings is 1. The summed E-state index contributed by atoms with van der Waals surface area (Å²) in [5.74, 6) is 0.423. The molecule has 6 nitrogen and oxygen atoms in total. The summed E-state index contributed by atoms with van der Waals surface area (Å²) in [6.45, 7) is 6.89. The van der Waals surface area contributed by atoms with Crippen molar-refractivity contribution in [2.75, 3.05) is 20.1 Å². The summed E-state index contributed by atoms with van der Waals surface area (Å²) < 4.78 is 1.85. The number of hydrogen-bond acceptors (Lipinski definition) is 4. The number of carbonyl (C=O) groups is 1. The van der Waals surface area contributed by atoms with E-state index in [2.05, 4.69) is 53.7 Å². The van der Waals surface area contributed by atoms with Crippen molar-refractivity contribution in [3.8, 4) is 0 Å². The lowest BCUT2D eigenvalue weighted by Gasteiger charge is -2.22. The Balaban J connectivity index is 0.00000243. The predicted octanol–water partition coefficient (Wildman–Crippen LogP) is 3.02. The first kappa shape index (κ1) is 20.4. The molecule has 3 rings (SSSR count). The largest absolute Gasteiger partial charge is 0.336 e. The summed E-state index contributed by atoms with van der Waals surface area (Å²) in [6.07, 6.45) is 3.83. The van der Waals surface area contributed by atoms with Crippen LogP contribution in [0.4, 0.5) is 0 Å². The third-order valence-electron chi connectivity index (χ3n) is 4.83. The van der Waals surface area contributed by atoms with E-state index in [0.29, 0.717) is 24.2 Å². The van der Waals surface area contributed by atoms with Crippen LogP contribution in [0.15, 0.2) is 30.5 Å². The van der Waals surface area contributed by atoms with Gasteiger partial charge in [-0.3, -0.25) is 4.79 Å². The maximum Gasteiger partial charge on any atom is 0.276 e. The highest BCUT2D eigenvalue weighted by Gasteiger charge is 2.20. The van der Waals surface area contributed by atoms with E-state index in [1.165, 1.54) is 5.56 Å². The molecule has 1 amide bonds. The smallest absolute Gasteiger partial charge is 0.276 e. The van der Waals surface area contributed by atoms with Crippen molar-refractivity contribution in [2.24, 2.45) is 0 Å². The summed E-state index contributed by atoms with van der Waals surface area (Å²) in [5.41, 5.74) is 2.84. The molecule has 2 aromatic rings. The number of aromatic nitrogens is 3. The second kappa shape index (κ2) is 9.14. The average Bonchev–Trinajstić information content (AvgIpc) is 3.12. The summed E-state index contributed by atoms with van der Waals surface area (Å²) in [4.78, 5) is 14.3. The van der Waals surface area contributed by atoms with Crippen LogP contribution in [0.25, 0.3) is 0 Å². The predicted molar refractivity (Wildman–Crippen MR) is 105 cm³/mol. The van der Waals surface area contributed by atoms with Crippen molar-refractivity contribution in [3.05, 3.63) is 47.3 Å². The van der Waals surface area contributed by atoms with Gasteiger partial charge in [0.25, 0.3) is 5.91 Å². The SMILES string of the molecule is CC(C)c1ccc(CN(C)C(=O)c2cn(C3CCNCC3)nn2)cc1.Cl. The van der Waals surface area contributed by atoms with Crippen molar-refractivity contribution in [2.45, 2.75) is 45.2 Å². The number of carbonyl (C=O) groups excluding carboxylic acids is 1.